The van der Waals surface area contributed by atoms with Gasteiger partial charge < -0.3 is 10.0 Å². The van der Waals surface area contributed by atoms with E-state index < -0.39 is 17.4 Å². The maximum atomic E-state index is 13.3. The Balaban J connectivity index is 3.01. The van der Waals surface area contributed by atoms with E-state index in [4.69, 9.17) is 11.6 Å². The maximum Gasteiger partial charge on any atom is 0.439 e. The summed E-state index contributed by atoms with van der Waals surface area (Å²) in [5.74, 6) is 0. The average Bonchev–Trinajstić information content (AvgIpc) is 2.26. The monoisotopic (exact) mass is 285 g/mol. The van der Waals surface area contributed by atoms with Crippen LogP contribution in [0.1, 0.15) is 11.7 Å². The summed E-state index contributed by atoms with van der Waals surface area (Å²) in [6.07, 6.45) is -7.83. The largest absolute Gasteiger partial charge is 0.439 e. The first-order valence-corrected chi connectivity index (χ1v) is 5.35. The second-order valence-electron chi connectivity index (χ2n) is 4.01. The summed E-state index contributed by atoms with van der Waals surface area (Å²) in [7, 11) is 3.48. The normalized spacial score (nSPS) is 17.1. The molecule has 7 heteroatoms. The third kappa shape index (κ3) is 2.87. The number of alkyl halides is 5. The summed E-state index contributed by atoms with van der Waals surface area (Å²) in [5.41, 5.74) is 0.465. The van der Waals surface area contributed by atoms with Crippen molar-refractivity contribution in [3.05, 3.63) is 29.8 Å². The molecule has 1 N–H and O–H groups in total. The Morgan fingerprint density at radius 2 is 1.56 bits per heavy atom. The standard InChI is InChI=1S/C11H12ClF4NO/c1-17(2)8-5-3-7(4-6-8)9(18)10(12,13)11(14,15)16/h3-6,9,18H,1-2H3. The van der Waals surface area contributed by atoms with E-state index in [0.717, 1.165) is 0 Å². The minimum absolute atomic E-state index is 0.240. The molecule has 0 saturated carbocycles. The van der Waals surface area contributed by atoms with Gasteiger partial charge in [-0.2, -0.15) is 13.2 Å². The molecule has 102 valence electrons. The minimum atomic E-state index is -5.35. The Kier molecular flexibility index (Phi) is 4.12. The SMILES string of the molecule is CN(C)c1ccc(C(O)C(F)(Cl)C(F)(F)F)cc1. The van der Waals surface area contributed by atoms with Gasteiger partial charge in [-0.15, -0.1) is 0 Å². The quantitative estimate of drug-likeness (QED) is 0.681. The number of aliphatic hydroxyl groups is 1. The molecule has 0 radical (unpaired) electrons. The molecule has 1 rings (SSSR count). The summed E-state index contributed by atoms with van der Waals surface area (Å²) in [5, 5.41) is 5.17. The van der Waals surface area contributed by atoms with Crippen molar-refractivity contribution in [3.8, 4) is 0 Å². The average molecular weight is 286 g/mol. The molecule has 2 unspecified atom stereocenters. The second kappa shape index (κ2) is 4.93. The number of nitrogens with zero attached hydrogens (tertiary/aromatic N) is 1. The highest BCUT2D eigenvalue weighted by Gasteiger charge is 2.60. The van der Waals surface area contributed by atoms with E-state index in [0.29, 0.717) is 5.69 Å². The highest BCUT2D eigenvalue weighted by atomic mass is 35.5. The van der Waals surface area contributed by atoms with Crippen molar-refractivity contribution >= 4 is 17.3 Å². The van der Waals surface area contributed by atoms with Gasteiger partial charge >= 0.3 is 11.3 Å². The van der Waals surface area contributed by atoms with E-state index in [2.05, 4.69) is 0 Å². The Hall–Kier alpha value is -1.01. The predicted octanol–water partition coefficient (Wildman–Crippen LogP) is 3.25. The first-order chi connectivity index (χ1) is 8.07. The fourth-order valence-corrected chi connectivity index (χ4v) is 1.45. The third-order valence-electron chi connectivity index (χ3n) is 2.45. The summed E-state index contributed by atoms with van der Waals surface area (Å²) >= 11 is 4.75. The van der Waals surface area contributed by atoms with Gasteiger partial charge in [-0.3, -0.25) is 0 Å². The number of aliphatic hydroxyl groups excluding tert-OH is 1. The summed E-state index contributed by atoms with van der Waals surface area (Å²) < 4.78 is 50.2. The summed E-state index contributed by atoms with van der Waals surface area (Å²) in [6.45, 7) is 0. The van der Waals surface area contributed by atoms with Crippen molar-refractivity contribution in [1.29, 1.82) is 0 Å². The van der Waals surface area contributed by atoms with Gasteiger partial charge in [-0.1, -0.05) is 23.7 Å². The molecule has 0 aliphatic carbocycles. The van der Waals surface area contributed by atoms with Crippen molar-refractivity contribution in [3.63, 3.8) is 0 Å². The zero-order chi connectivity index (χ0) is 14.1. The molecule has 0 spiro atoms. The van der Waals surface area contributed by atoms with Crippen LogP contribution >= 0.6 is 11.6 Å². The Bertz CT molecular complexity index is 402. The topological polar surface area (TPSA) is 23.5 Å². The van der Waals surface area contributed by atoms with Crippen molar-refractivity contribution in [2.24, 2.45) is 0 Å². The first-order valence-electron chi connectivity index (χ1n) is 4.97. The number of hydrogen-bond donors (Lipinski definition) is 1. The second-order valence-corrected chi connectivity index (χ2v) is 4.56. The van der Waals surface area contributed by atoms with E-state index >= 15 is 0 Å². The molecule has 18 heavy (non-hydrogen) atoms. The fourth-order valence-electron chi connectivity index (χ4n) is 1.32. The Morgan fingerprint density at radius 3 is 1.89 bits per heavy atom. The molecule has 0 heterocycles. The highest BCUT2D eigenvalue weighted by Crippen LogP contribution is 2.46. The third-order valence-corrected chi connectivity index (χ3v) is 2.87. The van der Waals surface area contributed by atoms with Crippen LogP contribution in [0.4, 0.5) is 23.2 Å². The van der Waals surface area contributed by atoms with Gasteiger partial charge in [0.05, 0.1) is 0 Å². The molecule has 0 saturated heterocycles. The Morgan fingerprint density at radius 1 is 1.11 bits per heavy atom. The van der Waals surface area contributed by atoms with Crippen LogP contribution < -0.4 is 4.90 Å². The lowest BCUT2D eigenvalue weighted by Crippen LogP contribution is -2.41. The molecular weight excluding hydrogens is 274 g/mol. The van der Waals surface area contributed by atoms with Gasteiger partial charge in [0.15, 0.2) is 0 Å². The van der Waals surface area contributed by atoms with Gasteiger partial charge in [-0.25, -0.2) is 4.39 Å². The number of anilines is 1. The van der Waals surface area contributed by atoms with Gasteiger partial charge in [-0.05, 0) is 17.7 Å². The smallest absolute Gasteiger partial charge is 0.383 e. The molecule has 0 aliphatic rings. The lowest BCUT2D eigenvalue weighted by atomic mass is 10.0. The molecular formula is C11H12ClF4NO. The van der Waals surface area contributed by atoms with Crippen LogP contribution in [0.2, 0.25) is 0 Å². The zero-order valence-electron chi connectivity index (χ0n) is 9.67. The van der Waals surface area contributed by atoms with E-state index in [1.54, 1.807) is 19.0 Å². The van der Waals surface area contributed by atoms with Crippen LogP contribution in [0, 0.1) is 0 Å². The molecule has 0 fully saturated rings. The zero-order valence-corrected chi connectivity index (χ0v) is 10.4. The van der Waals surface area contributed by atoms with Gasteiger partial charge in [0, 0.05) is 19.8 Å². The van der Waals surface area contributed by atoms with Crippen LogP contribution in [-0.2, 0) is 0 Å². The van der Waals surface area contributed by atoms with Gasteiger partial charge in [0.1, 0.15) is 6.10 Å². The van der Waals surface area contributed by atoms with Crippen LogP contribution in [-0.4, -0.2) is 30.5 Å². The van der Waals surface area contributed by atoms with Gasteiger partial charge in [0.2, 0.25) is 0 Å². The van der Waals surface area contributed by atoms with E-state index in [1.165, 1.54) is 24.3 Å². The van der Waals surface area contributed by atoms with Crippen molar-refractivity contribution in [2.75, 3.05) is 19.0 Å². The molecule has 0 aliphatic heterocycles. The highest BCUT2D eigenvalue weighted by molar-refractivity contribution is 6.23. The molecule has 2 nitrogen and oxygen atoms in total. The minimum Gasteiger partial charge on any atom is -0.383 e. The molecule has 2 atom stereocenters. The molecule has 1 aromatic rings. The van der Waals surface area contributed by atoms with E-state index in [9.17, 15) is 22.7 Å². The predicted molar refractivity (Wildman–Crippen MR) is 61.5 cm³/mol. The number of halogens is 5. The van der Waals surface area contributed by atoms with Crippen molar-refractivity contribution < 1.29 is 22.7 Å². The lowest BCUT2D eigenvalue weighted by Gasteiger charge is -2.26. The summed E-state index contributed by atoms with van der Waals surface area (Å²) in [6, 6.07) is 5.31. The summed E-state index contributed by atoms with van der Waals surface area (Å²) in [4.78, 5) is 1.71. The van der Waals surface area contributed by atoms with Crippen molar-refractivity contribution in [2.45, 2.75) is 17.4 Å². The molecule has 0 amide bonds. The molecule has 1 aromatic carbocycles. The van der Waals surface area contributed by atoms with Gasteiger partial charge in [0.25, 0.3) is 0 Å². The van der Waals surface area contributed by atoms with E-state index in [1.807, 2.05) is 0 Å². The van der Waals surface area contributed by atoms with Crippen LogP contribution in [0.5, 0.6) is 0 Å². The number of benzene rings is 1. The lowest BCUT2D eigenvalue weighted by molar-refractivity contribution is -0.226. The Labute approximate surface area is 107 Å². The van der Waals surface area contributed by atoms with Crippen molar-refractivity contribution in [1.82, 2.24) is 0 Å². The fraction of sp³-hybridized carbons (Fsp3) is 0.455. The van der Waals surface area contributed by atoms with Crippen LogP contribution in [0.15, 0.2) is 24.3 Å². The molecule has 0 bridgehead atoms. The number of rotatable bonds is 3. The maximum absolute atomic E-state index is 13.3. The van der Waals surface area contributed by atoms with Crippen LogP contribution in [0.3, 0.4) is 0 Å². The number of hydrogen-bond acceptors (Lipinski definition) is 2. The first kappa shape index (κ1) is 15.0. The van der Waals surface area contributed by atoms with E-state index in [-0.39, 0.29) is 5.56 Å². The van der Waals surface area contributed by atoms with Crippen LogP contribution in [0.25, 0.3) is 0 Å². The molecule has 0 aromatic heterocycles.